The number of aliphatic hydroxyl groups is 1. The molecule has 0 aliphatic carbocycles. The zero-order valence-corrected chi connectivity index (χ0v) is 17.2. The number of nitrogens with zero attached hydrogens (tertiary/aromatic N) is 2. The van der Waals surface area contributed by atoms with E-state index in [1.807, 2.05) is 17.8 Å². The molecule has 0 fully saturated rings. The summed E-state index contributed by atoms with van der Waals surface area (Å²) in [6, 6.07) is 7.54. The number of carbonyl (C=O) groups excluding carboxylic acids is 1. The molecular weight excluding hydrogens is 435 g/mol. The van der Waals surface area contributed by atoms with E-state index in [4.69, 9.17) is 9.15 Å². The molecule has 31 heavy (non-hydrogen) atoms. The van der Waals surface area contributed by atoms with E-state index in [2.05, 4.69) is 10.3 Å². The Balaban J connectivity index is 1.43. The summed E-state index contributed by atoms with van der Waals surface area (Å²) >= 11 is 1.46. The molecule has 1 amide bonds. The molecule has 11 heteroatoms. The number of benzene rings is 1. The van der Waals surface area contributed by atoms with Crippen molar-refractivity contribution in [1.82, 2.24) is 14.9 Å². The maximum absolute atomic E-state index is 12.7. The highest BCUT2D eigenvalue weighted by Gasteiger charge is 2.30. The van der Waals surface area contributed by atoms with E-state index in [1.54, 1.807) is 12.3 Å². The molecule has 0 saturated carbocycles. The standard InChI is InChI=1S/C20H20F3N3O4S/c1-26-8-7-24-19(26)31-12-16-5-6-17(30-16)18(28)25-10-14(27)11-29-15-4-2-3-13(9-15)20(21,22)23/h2-9,14,27H,10-12H2,1H3,(H,25,28). The Labute approximate surface area is 180 Å². The Morgan fingerprint density at radius 2 is 2.16 bits per heavy atom. The zero-order chi connectivity index (χ0) is 22.4. The van der Waals surface area contributed by atoms with Crippen LogP contribution in [0.5, 0.6) is 5.75 Å². The largest absolute Gasteiger partial charge is 0.491 e. The average Bonchev–Trinajstić information content (AvgIpc) is 3.37. The van der Waals surface area contributed by atoms with E-state index in [0.717, 1.165) is 17.3 Å². The molecule has 0 aliphatic heterocycles. The third-order valence-corrected chi connectivity index (χ3v) is 5.19. The van der Waals surface area contributed by atoms with Crippen LogP contribution in [-0.2, 0) is 19.0 Å². The Morgan fingerprint density at radius 1 is 1.35 bits per heavy atom. The first kappa shape index (κ1) is 22.8. The summed E-state index contributed by atoms with van der Waals surface area (Å²) in [5.41, 5.74) is -0.845. The summed E-state index contributed by atoms with van der Waals surface area (Å²) < 4.78 is 50.7. The van der Waals surface area contributed by atoms with Gasteiger partial charge in [-0.15, -0.1) is 0 Å². The summed E-state index contributed by atoms with van der Waals surface area (Å²) in [6.45, 7) is -0.443. The number of amides is 1. The van der Waals surface area contributed by atoms with Crippen molar-refractivity contribution in [2.75, 3.05) is 13.2 Å². The van der Waals surface area contributed by atoms with Gasteiger partial charge in [0.1, 0.15) is 24.2 Å². The Kier molecular flexibility index (Phi) is 7.29. The van der Waals surface area contributed by atoms with Crippen LogP contribution < -0.4 is 10.1 Å². The van der Waals surface area contributed by atoms with Gasteiger partial charge in [-0.3, -0.25) is 4.79 Å². The normalized spacial score (nSPS) is 12.5. The second kappa shape index (κ2) is 9.92. The highest BCUT2D eigenvalue weighted by Crippen LogP contribution is 2.31. The van der Waals surface area contributed by atoms with Crippen LogP contribution in [0.3, 0.4) is 0 Å². The molecule has 0 saturated heterocycles. The maximum Gasteiger partial charge on any atom is 0.416 e. The van der Waals surface area contributed by atoms with Crippen molar-refractivity contribution in [2.45, 2.75) is 23.2 Å². The van der Waals surface area contributed by atoms with Gasteiger partial charge in [0.15, 0.2) is 10.9 Å². The topological polar surface area (TPSA) is 89.5 Å². The number of ether oxygens (including phenoxy) is 1. The molecule has 1 atom stereocenters. The minimum atomic E-state index is -4.48. The van der Waals surface area contributed by atoms with Gasteiger partial charge in [-0.2, -0.15) is 13.2 Å². The average molecular weight is 455 g/mol. The van der Waals surface area contributed by atoms with Crippen molar-refractivity contribution in [1.29, 1.82) is 0 Å². The van der Waals surface area contributed by atoms with Crippen LogP contribution in [0.4, 0.5) is 13.2 Å². The highest BCUT2D eigenvalue weighted by molar-refractivity contribution is 7.98. The van der Waals surface area contributed by atoms with E-state index < -0.39 is 23.8 Å². The summed E-state index contributed by atoms with van der Waals surface area (Å²) in [4.78, 5) is 16.4. The van der Waals surface area contributed by atoms with Crippen LogP contribution in [0.2, 0.25) is 0 Å². The highest BCUT2D eigenvalue weighted by atomic mass is 32.2. The Bertz CT molecular complexity index is 1020. The van der Waals surface area contributed by atoms with Gasteiger partial charge in [-0.1, -0.05) is 17.8 Å². The molecule has 2 N–H and O–H groups in total. The van der Waals surface area contributed by atoms with E-state index >= 15 is 0 Å². The van der Waals surface area contributed by atoms with Gasteiger partial charge in [-0.25, -0.2) is 4.98 Å². The van der Waals surface area contributed by atoms with Crippen LogP contribution in [-0.4, -0.2) is 39.8 Å². The van der Waals surface area contributed by atoms with Gasteiger partial charge >= 0.3 is 6.18 Å². The maximum atomic E-state index is 12.7. The number of nitrogens with one attached hydrogen (secondary N) is 1. The summed E-state index contributed by atoms with van der Waals surface area (Å²) in [5.74, 6) is 0.617. The molecule has 0 spiro atoms. The molecule has 0 bridgehead atoms. The molecule has 0 aliphatic rings. The number of furan rings is 1. The molecule has 1 aromatic carbocycles. The molecule has 3 aromatic rings. The smallest absolute Gasteiger partial charge is 0.416 e. The van der Waals surface area contributed by atoms with E-state index in [0.29, 0.717) is 11.5 Å². The molecule has 0 radical (unpaired) electrons. The first-order valence-electron chi connectivity index (χ1n) is 9.17. The van der Waals surface area contributed by atoms with Crippen molar-refractivity contribution in [2.24, 2.45) is 7.05 Å². The molecule has 3 rings (SSSR count). The number of thioether (sulfide) groups is 1. The van der Waals surface area contributed by atoms with E-state index in [1.165, 1.54) is 30.0 Å². The predicted molar refractivity (Wildman–Crippen MR) is 107 cm³/mol. The Hall–Kier alpha value is -2.92. The monoisotopic (exact) mass is 455 g/mol. The van der Waals surface area contributed by atoms with Gasteiger partial charge in [0.25, 0.3) is 5.91 Å². The first-order valence-corrected chi connectivity index (χ1v) is 10.2. The lowest BCUT2D eigenvalue weighted by atomic mass is 10.2. The number of alkyl halides is 3. The third-order valence-electron chi connectivity index (χ3n) is 4.11. The molecule has 1 unspecified atom stereocenters. The van der Waals surface area contributed by atoms with Crippen molar-refractivity contribution < 1.29 is 32.2 Å². The quantitative estimate of drug-likeness (QED) is 0.480. The summed E-state index contributed by atoms with van der Waals surface area (Å²) in [7, 11) is 1.87. The number of aryl methyl sites for hydroxylation is 1. The number of hydrogen-bond donors (Lipinski definition) is 2. The fraction of sp³-hybridized carbons (Fsp3) is 0.300. The van der Waals surface area contributed by atoms with Crippen LogP contribution in [0.25, 0.3) is 0 Å². The summed E-state index contributed by atoms with van der Waals surface area (Å²) in [5, 5.41) is 13.3. The summed E-state index contributed by atoms with van der Waals surface area (Å²) in [6.07, 6.45) is -2.09. The van der Waals surface area contributed by atoms with Gasteiger partial charge in [0, 0.05) is 26.0 Å². The van der Waals surface area contributed by atoms with Crippen LogP contribution in [0, 0.1) is 0 Å². The minimum Gasteiger partial charge on any atom is -0.491 e. The first-order chi connectivity index (χ1) is 14.7. The minimum absolute atomic E-state index is 0.0268. The number of carbonyl (C=O) groups is 1. The lowest BCUT2D eigenvalue weighted by Crippen LogP contribution is -2.35. The zero-order valence-electron chi connectivity index (χ0n) is 16.4. The second-order valence-corrected chi connectivity index (χ2v) is 7.52. The van der Waals surface area contributed by atoms with Crippen molar-refractivity contribution >= 4 is 17.7 Å². The molecule has 166 valence electrons. The second-order valence-electron chi connectivity index (χ2n) is 6.58. The van der Waals surface area contributed by atoms with E-state index in [-0.39, 0.29) is 24.7 Å². The molecule has 2 aromatic heterocycles. The predicted octanol–water partition coefficient (Wildman–Crippen LogP) is 3.49. The van der Waals surface area contributed by atoms with Crippen molar-refractivity contribution in [3.05, 3.63) is 65.9 Å². The van der Waals surface area contributed by atoms with Crippen molar-refractivity contribution in [3.8, 4) is 5.75 Å². The number of halogens is 3. The number of hydrogen-bond acceptors (Lipinski definition) is 6. The number of aromatic nitrogens is 2. The number of imidazole rings is 1. The molecule has 7 nitrogen and oxygen atoms in total. The Morgan fingerprint density at radius 3 is 2.87 bits per heavy atom. The lowest BCUT2D eigenvalue weighted by Gasteiger charge is -2.14. The fourth-order valence-electron chi connectivity index (χ4n) is 2.52. The number of rotatable bonds is 9. The third kappa shape index (κ3) is 6.53. The van der Waals surface area contributed by atoms with Gasteiger partial charge in [0.05, 0.1) is 11.3 Å². The van der Waals surface area contributed by atoms with Crippen LogP contribution in [0.15, 0.2) is 58.4 Å². The van der Waals surface area contributed by atoms with Gasteiger partial charge < -0.3 is 24.1 Å². The number of aliphatic hydroxyl groups excluding tert-OH is 1. The van der Waals surface area contributed by atoms with Crippen LogP contribution >= 0.6 is 11.8 Å². The SMILES string of the molecule is Cn1ccnc1SCc1ccc(C(=O)NCC(O)COc2cccc(C(F)(F)F)c2)o1. The van der Waals surface area contributed by atoms with E-state index in [9.17, 15) is 23.1 Å². The van der Waals surface area contributed by atoms with Gasteiger partial charge in [0.2, 0.25) is 0 Å². The van der Waals surface area contributed by atoms with Gasteiger partial charge in [-0.05, 0) is 30.3 Å². The van der Waals surface area contributed by atoms with Crippen LogP contribution in [0.1, 0.15) is 21.9 Å². The molecular formula is C20H20F3N3O4S. The van der Waals surface area contributed by atoms with Crippen molar-refractivity contribution in [3.63, 3.8) is 0 Å². The molecule has 2 heterocycles. The lowest BCUT2D eigenvalue weighted by molar-refractivity contribution is -0.137. The fourth-order valence-corrected chi connectivity index (χ4v) is 3.34.